The standard InChI is InChI=1S/C20H36NO6/c1-20(2,3)27-19(23)17(21(14-24-4)12-6-7-13-21)26-16-10-8-15(9-11-16)18(22)25-5/h15-17H,6-14H2,1-5H3/q+1. The summed E-state index contributed by atoms with van der Waals surface area (Å²) in [6.45, 7) is 7.72. The monoisotopic (exact) mass is 386 g/mol. The molecular formula is C20H36NO6+. The van der Waals surface area contributed by atoms with E-state index in [1.54, 1.807) is 7.11 Å². The molecule has 27 heavy (non-hydrogen) atoms. The molecule has 1 heterocycles. The maximum absolute atomic E-state index is 13.0. The van der Waals surface area contributed by atoms with Gasteiger partial charge in [0.05, 0.1) is 32.2 Å². The minimum atomic E-state index is -0.689. The lowest BCUT2D eigenvalue weighted by molar-refractivity contribution is -0.969. The van der Waals surface area contributed by atoms with Crippen molar-refractivity contribution in [2.24, 2.45) is 5.92 Å². The molecule has 156 valence electrons. The van der Waals surface area contributed by atoms with Gasteiger partial charge in [0, 0.05) is 20.0 Å². The number of hydrogen-bond acceptors (Lipinski definition) is 6. The Morgan fingerprint density at radius 3 is 2.11 bits per heavy atom. The summed E-state index contributed by atoms with van der Waals surface area (Å²) >= 11 is 0. The van der Waals surface area contributed by atoms with Crippen LogP contribution < -0.4 is 0 Å². The van der Waals surface area contributed by atoms with Crippen LogP contribution >= 0.6 is 0 Å². The topological polar surface area (TPSA) is 71.1 Å². The van der Waals surface area contributed by atoms with E-state index in [9.17, 15) is 9.59 Å². The Morgan fingerprint density at radius 1 is 1.04 bits per heavy atom. The van der Waals surface area contributed by atoms with Gasteiger partial charge in [-0.25, -0.2) is 4.79 Å². The molecule has 7 nitrogen and oxygen atoms in total. The largest absolute Gasteiger partial charge is 0.469 e. The number of nitrogens with zero attached hydrogens (tertiary/aromatic N) is 1. The third-order valence-electron chi connectivity index (χ3n) is 5.48. The molecule has 2 aliphatic rings. The number of carbonyl (C=O) groups is 2. The fourth-order valence-electron chi connectivity index (χ4n) is 4.20. The predicted octanol–water partition coefficient (Wildman–Crippen LogP) is 2.62. The van der Waals surface area contributed by atoms with Gasteiger partial charge in [-0.1, -0.05) is 0 Å². The van der Waals surface area contributed by atoms with Gasteiger partial charge < -0.3 is 18.9 Å². The van der Waals surface area contributed by atoms with Gasteiger partial charge in [0.25, 0.3) is 6.23 Å². The first kappa shape index (κ1) is 22.1. The third kappa shape index (κ3) is 5.90. The van der Waals surface area contributed by atoms with E-state index < -0.39 is 11.8 Å². The summed E-state index contributed by atoms with van der Waals surface area (Å²) in [5.74, 6) is -0.542. The lowest BCUT2D eigenvalue weighted by Crippen LogP contribution is -2.61. The Kier molecular flexibility index (Phi) is 7.65. The zero-order valence-electron chi connectivity index (χ0n) is 17.5. The average molecular weight is 387 g/mol. The van der Waals surface area contributed by atoms with Crippen LogP contribution in [0, 0.1) is 5.92 Å². The molecule has 1 unspecified atom stereocenters. The summed E-state index contributed by atoms with van der Waals surface area (Å²) in [7, 11) is 3.08. The lowest BCUT2D eigenvalue weighted by Gasteiger charge is -2.41. The van der Waals surface area contributed by atoms with Crippen LogP contribution in [0.25, 0.3) is 0 Å². The summed E-state index contributed by atoms with van der Waals surface area (Å²) in [5.41, 5.74) is -0.571. The second kappa shape index (κ2) is 9.34. The number of carbonyl (C=O) groups excluding carboxylic acids is 2. The van der Waals surface area contributed by atoms with Crippen LogP contribution in [0.15, 0.2) is 0 Å². The Bertz CT molecular complexity index is 501. The first-order chi connectivity index (χ1) is 12.7. The minimum absolute atomic E-state index is 0.0594. The number of rotatable bonds is 7. The average Bonchev–Trinajstić information content (AvgIpc) is 3.07. The summed E-state index contributed by atoms with van der Waals surface area (Å²) < 4.78 is 22.8. The quantitative estimate of drug-likeness (QED) is 0.495. The lowest BCUT2D eigenvalue weighted by atomic mass is 9.87. The molecule has 2 rings (SSSR count). The molecule has 1 aliphatic carbocycles. The number of hydrogen-bond donors (Lipinski definition) is 0. The van der Waals surface area contributed by atoms with Crippen molar-refractivity contribution in [1.29, 1.82) is 0 Å². The Labute approximate surface area is 162 Å². The molecule has 1 saturated heterocycles. The van der Waals surface area contributed by atoms with E-state index in [2.05, 4.69) is 0 Å². The highest BCUT2D eigenvalue weighted by Gasteiger charge is 2.48. The fourth-order valence-corrected chi connectivity index (χ4v) is 4.20. The molecule has 2 fully saturated rings. The molecule has 1 aliphatic heterocycles. The summed E-state index contributed by atoms with van der Waals surface area (Å²) in [6, 6.07) is 0. The molecule has 0 radical (unpaired) electrons. The number of quaternary nitrogens is 1. The van der Waals surface area contributed by atoms with Crippen molar-refractivity contribution in [3.05, 3.63) is 0 Å². The summed E-state index contributed by atoms with van der Waals surface area (Å²) in [5, 5.41) is 0. The maximum Gasteiger partial charge on any atom is 0.395 e. The van der Waals surface area contributed by atoms with E-state index in [0.717, 1.165) is 51.6 Å². The van der Waals surface area contributed by atoms with E-state index in [4.69, 9.17) is 18.9 Å². The maximum atomic E-state index is 13.0. The zero-order chi connectivity index (χ0) is 20.1. The minimum Gasteiger partial charge on any atom is -0.469 e. The number of likely N-dealkylation sites (tertiary alicyclic amines) is 1. The van der Waals surface area contributed by atoms with E-state index >= 15 is 0 Å². The Hall–Kier alpha value is -1.18. The van der Waals surface area contributed by atoms with E-state index in [0.29, 0.717) is 11.2 Å². The Balaban J connectivity index is 2.11. The molecule has 0 aromatic carbocycles. The molecule has 0 spiro atoms. The molecular weight excluding hydrogens is 350 g/mol. The summed E-state index contributed by atoms with van der Waals surface area (Å²) in [4.78, 5) is 24.8. The molecule has 0 amide bonds. The van der Waals surface area contributed by atoms with Crippen molar-refractivity contribution in [2.75, 3.05) is 34.0 Å². The molecule has 7 heteroatoms. The molecule has 0 aromatic heterocycles. The second-order valence-corrected chi connectivity index (χ2v) is 8.81. The third-order valence-corrected chi connectivity index (χ3v) is 5.48. The van der Waals surface area contributed by atoms with Gasteiger partial charge in [0.15, 0.2) is 6.73 Å². The fraction of sp³-hybridized carbons (Fsp3) is 0.900. The molecule has 1 saturated carbocycles. The highest BCUT2D eigenvalue weighted by Crippen LogP contribution is 2.32. The van der Waals surface area contributed by atoms with Gasteiger partial charge in [0.2, 0.25) is 0 Å². The Morgan fingerprint density at radius 2 is 1.63 bits per heavy atom. The van der Waals surface area contributed by atoms with Crippen molar-refractivity contribution in [2.45, 2.75) is 77.2 Å². The molecule has 0 bridgehead atoms. The highest BCUT2D eigenvalue weighted by atomic mass is 16.6. The molecule has 0 N–H and O–H groups in total. The van der Waals surface area contributed by atoms with Gasteiger partial charge >= 0.3 is 11.9 Å². The van der Waals surface area contributed by atoms with E-state index in [1.807, 2.05) is 20.8 Å². The first-order valence-electron chi connectivity index (χ1n) is 10.0. The van der Waals surface area contributed by atoms with Crippen molar-refractivity contribution in [3.8, 4) is 0 Å². The summed E-state index contributed by atoms with van der Waals surface area (Å²) in [6.07, 6.45) is 4.27. The van der Waals surface area contributed by atoms with Crippen LogP contribution in [0.2, 0.25) is 0 Å². The number of ether oxygens (including phenoxy) is 4. The normalized spacial score (nSPS) is 26.4. The highest BCUT2D eigenvalue weighted by molar-refractivity contribution is 5.73. The molecule has 1 atom stereocenters. The number of methoxy groups -OCH3 is 2. The van der Waals surface area contributed by atoms with Crippen molar-refractivity contribution < 1.29 is 33.0 Å². The van der Waals surface area contributed by atoms with Crippen LogP contribution in [0.5, 0.6) is 0 Å². The number of esters is 2. The smallest absolute Gasteiger partial charge is 0.395 e. The second-order valence-electron chi connectivity index (χ2n) is 8.81. The predicted molar refractivity (Wildman–Crippen MR) is 99.6 cm³/mol. The van der Waals surface area contributed by atoms with Crippen LogP contribution in [0.4, 0.5) is 0 Å². The van der Waals surface area contributed by atoms with E-state index in [-0.39, 0.29) is 24.0 Å². The SMILES string of the molecule is COC[N+]1(C(OC2CCC(C(=O)OC)CC2)C(=O)OC(C)(C)C)CCCC1. The van der Waals surface area contributed by atoms with Crippen LogP contribution in [-0.2, 0) is 28.5 Å². The van der Waals surface area contributed by atoms with Gasteiger partial charge in [-0.15, -0.1) is 0 Å². The molecule has 0 aromatic rings. The van der Waals surface area contributed by atoms with Crippen LogP contribution in [0.1, 0.15) is 59.3 Å². The van der Waals surface area contributed by atoms with E-state index in [1.165, 1.54) is 7.11 Å². The van der Waals surface area contributed by atoms with Gasteiger partial charge in [0.1, 0.15) is 5.60 Å². The van der Waals surface area contributed by atoms with Crippen molar-refractivity contribution in [1.82, 2.24) is 0 Å². The van der Waals surface area contributed by atoms with Gasteiger partial charge in [-0.3, -0.25) is 9.28 Å². The first-order valence-corrected chi connectivity index (χ1v) is 10.0. The van der Waals surface area contributed by atoms with Crippen molar-refractivity contribution >= 4 is 11.9 Å². The van der Waals surface area contributed by atoms with Crippen LogP contribution in [-0.4, -0.2) is 68.4 Å². The zero-order valence-corrected chi connectivity index (χ0v) is 17.5. The van der Waals surface area contributed by atoms with Gasteiger partial charge in [-0.2, -0.15) is 0 Å². The van der Waals surface area contributed by atoms with Crippen LogP contribution in [0.3, 0.4) is 0 Å². The van der Waals surface area contributed by atoms with Crippen molar-refractivity contribution in [3.63, 3.8) is 0 Å². The van der Waals surface area contributed by atoms with Gasteiger partial charge in [-0.05, 0) is 46.5 Å².